The first-order valence-electron chi connectivity index (χ1n) is 8.77. The molecule has 24 heavy (non-hydrogen) atoms. The van der Waals surface area contributed by atoms with Crippen molar-refractivity contribution in [2.75, 3.05) is 45.3 Å². The molecule has 1 aliphatic rings. The normalized spacial score (nSPS) is 15.7. The predicted octanol–water partition coefficient (Wildman–Crippen LogP) is 2.75. The van der Waals surface area contributed by atoms with Crippen LogP contribution in [0, 0.1) is 11.8 Å². The summed E-state index contributed by atoms with van der Waals surface area (Å²) in [4.78, 5) is 4.50. The molecule has 4 heteroatoms. The Labute approximate surface area is 146 Å². The summed E-state index contributed by atoms with van der Waals surface area (Å²) in [5, 5.41) is 0. The van der Waals surface area contributed by atoms with Crippen LogP contribution in [0.1, 0.15) is 31.9 Å². The van der Waals surface area contributed by atoms with E-state index in [1.165, 1.54) is 11.3 Å². The van der Waals surface area contributed by atoms with Gasteiger partial charge in [0.2, 0.25) is 0 Å². The van der Waals surface area contributed by atoms with Gasteiger partial charge < -0.3 is 19.3 Å². The van der Waals surface area contributed by atoms with Crippen LogP contribution in [0.5, 0.6) is 0 Å². The quantitative estimate of drug-likeness (QED) is 0.775. The maximum atomic E-state index is 5.81. The molecule has 0 bridgehead atoms. The lowest BCUT2D eigenvalue weighted by molar-refractivity contribution is 0.0826. The molecular weight excluding hydrogens is 300 g/mol. The van der Waals surface area contributed by atoms with Crippen molar-refractivity contribution in [2.24, 2.45) is 0 Å². The molecule has 0 radical (unpaired) electrons. The van der Waals surface area contributed by atoms with Crippen LogP contribution in [0.25, 0.3) is 0 Å². The number of hydrogen-bond donors (Lipinski definition) is 0. The minimum absolute atomic E-state index is 0.0752. The summed E-state index contributed by atoms with van der Waals surface area (Å²) in [6.07, 6.45) is -0.0752. The number of benzene rings is 1. The van der Waals surface area contributed by atoms with Gasteiger partial charge in [-0.15, -0.1) is 0 Å². The van der Waals surface area contributed by atoms with Crippen molar-refractivity contribution in [2.45, 2.75) is 39.5 Å². The van der Waals surface area contributed by atoms with E-state index in [-0.39, 0.29) is 6.10 Å². The standard InChI is InChI=1S/C20H30N2O2/c1-6-24-18(14-21(4)5)11-10-17-8-7-9-20-19(17)15-23-13-12-22(20)16(2)3/h7-9,16,18H,6,12-15H2,1-5H3. The summed E-state index contributed by atoms with van der Waals surface area (Å²) in [6, 6.07) is 6.79. The molecule has 0 amide bonds. The van der Waals surface area contributed by atoms with E-state index in [1.807, 2.05) is 21.0 Å². The highest BCUT2D eigenvalue weighted by Gasteiger charge is 2.19. The molecule has 1 aliphatic heterocycles. The van der Waals surface area contributed by atoms with Gasteiger partial charge in [0.05, 0.1) is 13.2 Å². The molecule has 1 aromatic carbocycles. The molecule has 1 atom stereocenters. The van der Waals surface area contributed by atoms with Gasteiger partial charge >= 0.3 is 0 Å². The van der Waals surface area contributed by atoms with Crippen molar-refractivity contribution in [3.8, 4) is 11.8 Å². The highest BCUT2D eigenvalue weighted by atomic mass is 16.5. The Morgan fingerprint density at radius 2 is 2.12 bits per heavy atom. The highest BCUT2D eigenvalue weighted by Crippen LogP contribution is 2.28. The lowest BCUT2D eigenvalue weighted by atomic mass is 10.0. The topological polar surface area (TPSA) is 24.9 Å². The van der Waals surface area contributed by atoms with Crippen LogP contribution in [0.4, 0.5) is 5.69 Å². The molecule has 0 N–H and O–H groups in total. The Morgan fingerprint density at radius 3 is 2.79 bits per heavy atom. The first-order chi connectivity index (χ1) is 11.5. The van der Waals surface area contributed by atoms with Crippen molar-refractivity contribution in [3.05, 3.63) is 29.3 Å². The fourth-order valence-electron chi connectivity index (χ4n) is 2.94. The molecule has 4 nitrogen and oxygen atoms in total. The average Bonchev–Trinajstić information content (AvgIpc) is 2.75. The SMILES string of the molecule is CCOC(C#Cc1cccc2c1COCCN2C(C)C)CN(C)C. The number of rotatable bonds is 5. The Bertz CT molecular complexity index is 587. The van der Waals surface area contributed by atoms with Gasteiger partial charge in [-0.25, -0.2) is 0 Å². The maximum Gasteiger partial charge on any atom is 0.131 e. The van der Waals surface area contributed by atoms with Crippen molar-refractivity contribution in [3.63, 3.8) is 0 Å². The zero-order chi connectivity index (χ0) is 17.5. The van der Waals surface area contributed by atoms with E-state index < -0.39 is 0 Å². The number of ether oxygens (including phenoxy) is 2. The fraction of sp³-hybridized carbons (Fsp3) is 0.600. The smallest absolute Gasteiger partial charge is 0.131 e. The van der Waals surface area contributed by atoms with Crippen molar-refractivity contribution >= 4 is 5.69 Å². The number of fused-ring (bicyclic) bond motifs is 1. The maximum absolute atomic E-state index is 5.81. The average molecular weight is 330 g/mol. The molecule has 0 saturated heterocycles. The predicted molar refractivity (Wildman–Crippen MR) is 99.4 cm³/mol. The first-order valence-corrected chi connectivity index (χ1v) is 8.77. The largest absolute Gasteiger partial charge is 0.375 e. The number of nitrogens with zero attached hydrogens (tertiary/aromatic N) is 2. The van der Waals surface area contributed by atoms with Gasteiger partial charge in [0.1, 0.15) is 6.10 Å². The minimum atomic E-state index is -0.0752. The Hall–Kier alpha value is -1.54. The molecule has 2 rings (SSSR count). The summed E-state index contributed by atoms with van der Waals surface area (Å²) >= 11 is 0. The van der Waals surface area contributed by atoms with Gasteiger partial charge in [0.25, 0.3) is 0 Å². The molecular formula is C20H30N2O2. The van der Waals surface area contributed by atoms with E-state index >= 15 is 0 Å². The molecule has 1 unspecified atom stereocenters. The molecule has 132 valence electrons. The Balaban J connectivity index is 2.32. The second-order valence-corrected chi connectivity index (χ2v) is 6.62. The van der Waals surface area contributed by atoms with Crippen LogP contribution >= 0.6 is 0 Å². The third-order valence-electron chi connectivity index (χ3n) is 4.07. The third-order valence-corrected chi connectivity index (χ3v) is 4.07. The van der Waals surface area contributed by atoms with Crippen LogP contribution in [0.15, 0.2) is 18.2 Å². The molecule has 0 fully saturated rings. The summed E-state index contributed by atoms with van der Waals surface area (Å²) in [6.45, 7) is 10.2. The monoisotopic (exact) mass is 330 g/mol. The molecule has 0 spiro atoms. The van der Waals surface area contributed by atoms with Gasteiger partial charge in [-0.3, -0.25) is 0 Å². The molecule has 1 heterocycles. The summed E-state index contributed by atoms with van der Waals surface area (Å²) in [5.41, 5.74) is 3.48. The van der Waals surface area contributed by atoms with Crippen LogP contribution in [0.2, 0.25) is 0 Å². The molecule has 0 aliphatic carbocycles. The lowest BCUT2D eigenvalue weighted by Crippen LogP contribution is -2.33. The fourth-order valence-corrected chi connectivity index (χ4v) is 2.94. The zero-order valence-corrected chi connectivity index (χ0v) is 15.6. The van der Waals surface area contributed by atoms with Gasteiger partial charge in [0.15, 0.2) is 0 Å². The highest BCUT2D eigenvalue weighted by molar-refractivity contribution is 5.61. The summed E-state index contributed by atoms with van der Waals surface area (Å²) in [5.74, 6) is 6.64. The van der Waals surface area contributed by atoms with Crippen molar-refractivity contribution < 1.29 is 9.47 Å². The minimum Gasteiger partial charge on any atom is -0.375 e. The van der Waals surface area contributed by atoms with E-state index in [4.69, 9.17) is 9.47 Å². The van der Waals surface area contributed by atoms with Crippen LogP contribution < -0.4 is 4.90 Å². The van der Waals surface area contributed by atoms with E-state index in [0.717, 1.165) is 25.3 Å². The van der Waals surface area contributed by atoms with E-state index in [2.05, 4.69) is 53.7 Å². The van der Waals surface area contributed by atoms with E-state index in [9.17, 15) is 0 Å². The van der Waals surface area contributed by atoms with Gasteiger partial charge in [-0.2, -0.15) is 0 Å². The van der Waals surface area contributed by atoms with E-state index in [0.29, 0.717) is 19.3 Å². The second-order valence-electron chi connectivity index (χ2n) is 6.62. The van der Waals surface area contributed by atoms with Crippen LogP contribution in [0.3, 0.4) is 0 Å². The summed E-state index contributed by atoms with van der Waals surface area (Å²) < 4.78 is 11.6. The van der Waals surface area contributed by atoms with Gasteiger partial charge in [0, 0.05) is 42.6 Å². The Kier molecular flexibility index (Phi) is 7.11. The van der Waals surface area contributed by atoms with Crippen LogP contribution in [-0.2, 0) is 16.1 Å². The zero-order valence-electron chi connectivity index (χ0n) is 15.6. The summed E-state index contributed by atoms with van der Waals surface area (Å²) in [7, 11) is 4.08. The lowest BCUT2D eigenvalue weighted by Gasteiger charge is -2.28. The molecule has 0 aromatic heterocycles. The van der Waals surface area contributed by atoms with Gasteiger partial charge in [-0.1, -0.05) is 17.9 Å². The molecule has 1 aromatic rings. The number of likely N-dealkylation sites (N-methyl/N-ethyl adjacent to an activating group) is 1. The number of hydrogen-bond acceptors (Lipinski definition) is 4. The van der Waals surface area contributed by atoms with Gasteiger partial charge in [-0.05, 0) is 47.0 Å². The third kappa shape index (κ3) is 4.98. The van der Waals surface area contributed by atoms with Crippen LogP contribution in [-0.4, -0.2) is 57.4 Å². The second kappa shape index (κ2) is 9.08. The Morgan fingerprint density at radius 1 is 1.33 bits per heavy atom. The van der Waals surface area contributed by atoms with E-state index in [1.54, 1.807) is 0 Å². The number of anilines is 1. The molecule has 0 saturated carbocycles. The van der Waals surface area contributed by atoms with Crippen molar-refractivity contribution in [1.82, 2.24) is 4.90 Å². The van der Waals surface area contributed by atoms with Crippen molar-refractivity contribution in [1.29, 1.82) is 0 Å². The first kappa shape index (κ1) is 18.8.